The SMILES string of the molecule is C[C@H](NC1NC(=O)N(C2CCOCC2)C(=O)N1)c1ccccc1. The number of benzene rings is 1. The largest absolute Gasteiger partial charge is 0.381 e. The molecule has 23 heavy (non-hydrogen) atoms. The zero-order valence-corrected chi connectivity index (χ0v) is 13.1. The molecule has 2 aliphatic heterocycles. The van der Waals surface area contributed by atoms with Gasteiger partial charge in [0.1, 0.15) is 0 Å². The fraction of sp³-hybridized carbons (Fsp3) is 0.500. The van der Waals surface area contributed by atoms with Crippen LogP contribution in [0.3, 0.4) is 0 Å². The minimum Gasteiger partial charge on any atom is -0.381 e. The summed E-state index contributed by atoms with van der Waals surface area (Å²) in [5.41, 5.74) is 1.09. The molecule has 7 nitrogen and oxygen atoms in total. The number of ether oxygens (including phenoxy) is 1. The average Bonchev–Trinajstić information content (AvgIpc) is 2.56. The van der Waals surface area contributed by atoms with Crippen molar-refractivity contribution in [1.82, 2.24) is 20.9 Å². The predicted octanol–water partition coefficient (Wildman–Crippen LogP) is 1.53. The molecular weight excluding hydrogens is 296 g/mol. The summed E-state index contributed by atoms with van der Waals surface area (Å²) in [4.78, 5) is 25.9. The van der Waals surface area contributed by atoms with Gasteiger partial charge in [-0.05, 0) is 25.3 Å². The molecule has 7 heteroatoms. The van der Waals surface area contributed by atoms with Crippen LogP contribution in [0, 0.1) is 0 Å². The fourth-order valence-electron chi connectivity index (χ4n) is 2.96. The Kier molecular flexibility index (Phi) is 4.78. The quantitative estimate of drug-likeness (QED) is 0.786. The zero-order valence-electron chi connectivity index (χ0n) is 13.1. The van der Waals surface area contributed by atoms with Gasteiger partial charge in [-0.15, -0.1) is 0 Å². The molecule has 1 aromatic rings. The third-order valence-corrected chi connectivity index (χ3v) is 4.25. The third-order valence-electron chi connectivity index (χ3n) is 4.25. The first kappa shape index (κ1) is 15.8. The zero-order chi connectivity index (χ0) is 16.2. The van der Waals surface area contributed by atoms with Crippen LogP contribution in [0.4, 0.5) is 9.59 Å². The summed E-state index contributed by atoms with van der Waals surface area (Å²) in [6, 6.07) is 9.03. The molecule has 3 N–H and O–H groups in total. The summed E-state index contributed by atoms with van der Waals surface area (Å²) in [6.45, 7) is 3.14. The van der Waals surface area contributed by atoms with Crippen molar-refractivity contribution in [2.45, 2.75) is 38.1 Å². The summed E-state index contributed by atoms with van der Waals surface area (Å²) >= 11 is 0. The van der Waals surface area contributed by atoms with Crippen LogP contribution in [0.25, 0.3) is 0 Å². The molecule has 2 saturated heterocycles. The fourth-order valence-corrected chi connectivity index (χ4v) is 2.96. The van der Waals surface area contributed by atoms with Gasteiger partial charge in [0.2, 0.25) is 0 Å². The van der Waals surface area contributed by atoms with E-state index < -0.39 is 6.29 Å². The first-order chi connectivity index (χ1) is 11.1. The molecule has 0 aliphatic carbocycles. The van der Waals surface area contributed by atoms with E-state index in [9.17, 15) is 9.59 Å². The lowest BCUT2D eigenvalue weighted by Gasteiger charge is -2.39. The second kappa shape index (κ2) is 6.97. The van der Waals surface area contributed by atoms with Gasteiger partial charge in [0.25, 0.3) is 0 Å². The third kappa shape index (κ3) is 3.62. The highest BCUT2D eigenvalue weighted by molar-refractivity contribution is 5.96. The first-order valence-electron chi connectivity index (χ1n) is 7.94. The van der Waals surface area contributed by atoms with Crippen LogP contribution in [0.2, 0.25) is 0 Å². The van der Waals surface area contributed by atoms with E-state index in [0.29, 0.717) is 26.1 Å². The number of carbonyl (C=O) groups is 2. The number of carbonyl (C=O) groups excluding carboxylic acids is 2. The molecule has 2 aliphatic rings. The van der Waals surface area contributed by atoms with Gasteiger partial charge in [-0.3, -0.25) is 5.32 Å². The van der Waals surface area contributed by atoms with E-state index in [4.69, 9.17) is 4.74 Å². The number of hydrogen-bond acceptors (Lipinski definition) is 4. The van der Waals surface area contributed by atoms with Crippen LogP contribution in [0.1, 0.15) is 31.4 Å². The van der Waals surface area contributed by atoms with E-state index in [2.05, 4.69) is 16.0 Å². The Morgan fingerprint density at radius 1 is 1.13 bits per heavy atom. The molecule has 124 valence electrons. The Morgan fingerprint density at radius 2 is 1.74 bits per heavy atom. The topological polar surface area (TPSA) is 82.7 Å². The number of hydrogen-bond donors (Lipinski definition) is 3. The minimum absolute atomic E-state index is 0.00331. The molecule has 3 rings (SSSR count). The van der Waals surface area contributed by atoms with Gasteiger partial charge in [0.05, 0.1) is 0 Å². The van der Waals surface area contributed by atoms with E-state index >= 15 is 0 Å². The van der Waals surface area contributed by atoms with Crippen molar-refractivity contribution in [2.24, 2.45) is 0 Å². The van der Waals surface area contributed by atoms with Crippen molar-refractivity contribution in [3.05, 3.63) is 35.9 Å². The van der Waals surface area contributed by atoms with E-state index in [0.717, 1.165) is 5.56 Å². The molecule has 0 bridgehead atoms. The average molecular weight is 318 g/mol. The smallest absolute Gasteiger partial charge is 0.328 e. The van der Waals surface area contributed by atoms with Gasteiger partial charge in [0, 0.05) is 25.3 Å². The van der Waals surface area contributed by atoms with Crippen LogP contribution in [-0.2, 0) is 4.74 Å². The summed E-state index contributed by atoms with van der Waals surface area (Å²) < 4.78 is 5.28. The molecule has 0 radical (unpaired) electrons. The van der Waals surface area contributed by atoms with Crippen LogP contribution in [0.5, 0.6) is 0 Å². The summed E-state index contributed by atoms with van der Waals surface area (Å²) in [6.07, 6.45) is 0.778. The van der Waals surface area contributed by atoms with Gasteiger partial charge in [-0.25, -0.2) is 14.5 Å². The molecule has 0 aromatic heterocycles. The Hall–Kier alpha value is -2.12. The molecule has 0 unspecified atom stereocenters. The predicted molar refractivity (Wildman–Crippen MR) is 84.5 cm³/mol. The molecule has 2 heterocycles. The minimum atomic E-state index is -0.582. The second-order valence-electron chi connectivity index (χ2n) is 5.84. The van der Waals surface area contributed by atoms with Crippen molar-refractivity contribution >= 4 is 12.1 Å². The first-order valence-corrected chi connectivity index (χ1v) is 7.94. The van der Waals surface area contributed by atoms with E-state index in [1.807, 2.05) is 37.3 Å². The molecule has 0 saturated carbocycles. The molecule has 1 aromatic carbocycles. The standard InChI is InChI=1S/C16H22N4O3/c1-11(12-5-3-2-4-6-12)17-14-18-15(21)20(16(22)19-14)13-7-9-23-10-8-13/h2-6,11,13-14,17H,7-10H2,1H3,(H,18,21)(H,19,22)/t11-/m0/s1. The normalized spacial score (nSPS) is 21.7. The summed E-state index contributed by atoms with van der Waals surface area (Å²) in [5.74, 6) is 0. The maximum Gasteiger partial charge on any atom is 0.328 e. The molecule has 4 amide bonds. The summed E-state index contributed by atoms with van der Waals surface area (Å²) in [5, 5.41) is 8.80. The van der Waals surface area contributed by atoms with Crippen molar-refractivity contribution < 1.29 is 14.3 Å². The highest BCUT2D eigenvalue weighted by atomic mass is 16.5. The maximum absolute atomic E-state index is 12.3. The maximum atomic E-state index is 12.3. The number of nitrogens with one attached hydrogen (secondary N) is 3. The molecule has 0 spiro atoms. The van der Waals surface area contributed by atoms with Gasteiger partial charge in [-0.2, -0.15) is 0 Å². The monoisotopic (exact) mass is 318 g/mol. The van der Waals surface area contributed by atoms with Crippen molar-refractivity contribution in [1.29, 1.82) is 0 Å². The van der Waals surface area contributed by atoms with Crippen molar-refractivity contribution in [3.63, 3.8) is 0 Å². The molecule has 2 fully saturated rings. The number of rotatable bonds is 4. The Labute approximate surface area is 135 Å². The van der Waals surface area contributed by atoms with E-state index in [1.54, 1.807) is 0 Å². The Balaban J connectivity index is 1.60. The van der Waals surface area contributed by atoms with Crippen molar-refractivity contribution in [2.75, 3.05) is 13.2 Å². The second-order valence-corrected chi connectivity index (χ2v) is 5.84. The van der Waals surface area contributed by atoms with Crippen LogP contribution in [-0.4, -0.2) is 42.5 Å². The number of amides is 4. The molecule has 1 atom stereocenters. The van der Waals surface area contributed by atoms with E-state index in [-0.39, 0.29) is 24.1 Å². The molecular formula is C16H22N4O3. The van der Waals surface area contributed by atoms with Gasteiger partial charge >= 0.3 is 12.1 Å². The highest BCUT2D eigenvalue weighted by Gasteiger charge is 2.37. The van der Waals surface area contributed by atoms with E-state index in [1.165, 1.54) is 4.90 Å². The highest BCUT2D eigenvalue weighted by Crippen LogP contribution is 2.17. The lowest BCUT2D eigenvalue weighted by atomic mass is 10.1. The van der Waals surface area contributed by atoms with Crippen LogP contribution >= 0.6 is 0 Å². The van der Waals surface area contributed by atoms with Crippen LogP contribution < -0.4 is 16.0 Å². The van der Waals surface area contributed by atoms with Crippen LogP contribution in [0.15, 0.2) is 30.3 Å². The lowest BCUT2D eigenvalue weighted by Crippen LogP contribution is -2.70. The Morgan fingerprint density at radius 3 is 2.35 bits per heavy atom. The van der Waals surface area contributed by atoms with Crippen molar-refractivity contribution in [3.8, 4) is 0 Å². The Bertz CT molecular complexity index is 542. The number of nitrogens with zero attached hydrogens (tertiary/aromatic N) is 1. The number of imide groups is 1. The number of urea groups is 2. The summed E-state index contributed by atoms with van der Waals surface area (Å²) in [7, 11) is 0. The lowest BCUT2D eigenvalue weighted by molar-refractivity contribution is 0.0492. The van der Waals surface area contributed by atoms with Gasteiger partial charge in [-0.1, -0.05) is 30.3 Å². The van der Waals surface area contributed by atoms with Gasteiger partial charge in [0.15, 0.2) is 6.29 Å². The van der Waals surface area contributed by atoms with Gasteiger partial charge < -0.3 is 15.4 Å².